The number of allylic oxidation sites excluding steroid dienone is 2. The minimum atomic E-state index is -1.01. The van der Waals surface area contributed by atoms with Gasteiger partial charge in [-0.1, -0.05) is 6.08 Å². The van der Waals surface area contributed by atoms with Crippen LogP contribution in [0.2, 0.25) is 0 Å². The average molecular weight is 493 g/mol. The number of nitrogens with one attached hydrogen (secondary N) is 3. The van der Waals surface area contributed by atoms with Crippen LogP contribution in [0.3, 0.4) is 0 Å². The number of amides is 1. The fourth-order valence-corrected chi connectivity index (χ4v) is 3.49. The third-order valence-electron chi connectivity index (χ3n) is 5.37. The Kier molecular flexibility index (Phi) is 7.65. The van der Waals surface area contributed by atoms with Crippen LogP contribution in [0.4, 0.5) is 22.7 Å². The first-order valence-corrected chi connectivity index (χ1v) is 11.3. The Hall–Kier alpha value is -5.31. The van der Waals surface area contributed by atoms with Crippen LogP contribution in [-0.2, 0) is 0 Å². The SMILES string of the molecule is C=N/C=C\C(=C/C)Nc1ccc(NC(=O)c2ccc(Nc3ccnc4ccc(C(=O)O)cc34)cn2)cc1. The molecule has 37 heavy (non-hydrogen) atoms. The van der Waals surface area contributed by atoms with E-state index in [0.717, 1.165) is 11.4 Å². The molecule has 4 rings (SSSR count). The molecule has 0 radical (unpaired) electrons. The highest BCUT2D eigenvalue weighted by molar-refractivity contribution is 6.03. The van der Waals surface area contributed by atoms with Crippen LogP contribution < -0.4 is 16.0 Å². The van der Waals surface area contributed by atoms with Crippen LogP contribution in [0.1, 0.15) is 27.8 Å². The molecule has 4 N–H and O–H groups in total. The van der Waals surface area contributed by atoms with E-state index in [1.807, 2.05) is 25.1 Å². The second kappa shape index (κ2) is 11.4. The molecule has 0 spiro atoms. The number of hydrogen-bond acceptors (Lipinski definition) is 7. The van der Waals surface area contributed by atoms with Gasteiger partial charge < -0.3 is 21.1 Å². The van der Waals surface area contributed by atoms with E-state index in [2.05, 4.69) is 37.6 Å². The molecule has 0 unspecified atom stereocenters. The second-order valence-electron chi connectivity index (χ2n) is 7.85. The van der Waals surface area contributed by atoms with Gasteiger partial charge in [0.1, 0.15) is 5.69 Å². The maximum absolute atomic E-state index is 12.7. The Morgan fingerprint density at radius 3 is 2.32 bits per heavy atom. The van der Waals surface area contributed by atoms with Crippen molar-refractivity contribution in [2.45, 2.75) is 6.92 Å². The third-order valence-corrected chi connectivity index (χ3v) is 5.37. The molecule has 1 amide bonds. The number of fused-ring (bicyclic) bond motifs is 1. The molecule has 0 aliphatic rings. The summed E-state index contributed by atoms with van der Waals surface area (Å²) in [7, 11) is 0. The molecule has 9 nitrogen and oxygen atoms in total. The van der Waals surface area contributed by atoms with E-state index in [-0.39, 0.29) is 17.2 Å². The second-order valence-corrected chi connectivity index (χ2v) is 7.85. The molecule has 9 heteroatoms. The van der Waals surface area contributed by atoms with Crippen LogP contribution in [0.15, 0.2) is 102 Å². The first-order chi connectivity index (χ1) is 18.0. The molecule has 184 valence electrons. The van der Waals surface area contributed by atoms with Crippen molar-refractivity contribution in [3.05, 3.63) is 108 Å². The first kappa shape index (κ1) is 24.8. The van der Waals surface area contributed by atoms with Gasteiger partial charge in [0.25, 0.3) is 5.91 Å². The number of carboxylic acids is 1. The maximum atomic E-state index is 12.7. The highest BCUT2D eigenvalue weighted by Crippen LogP contribution is 2.26. The number of benzene rings is 2. The summed E-state index contributed by atoms with van der Waals surface area (Å²) in [5.74, 6) is -1.36. The minimum Gasteiger partial charge on any atom is -0.478 e. The molecule has 0 fully saturated rings. The average Bonchev–Trinajstić information content (AvgIpc) is 2.92. The Morgan fingerprint density at radius 1 is 0.946 bits per heavy atom. The van der Waals surface area contributed by atoms with Gasteiger partial charge in [0.05, 0.1) is 23.0 Å². The smallest absolute Gasteiger partial charge is 0.335 e. The Bertz CT molecular complexity index is 1510. The number of nitrogens with zero attached hydrogens (tertiary/aromatic N) is 3. The van der Waals surface area contributed by atoms with E-state index in [1.54, 1.807) is 67.1 Å². The van der Waals surface area contributed by atoms with Gasteiger partial charge in [-0.15, -0.1) is 0 Å². The summed E-state index contributed by atoms with van der Waals surface area (Å²) < 4.78 is 0. The number of carbonyl (C=O) groups excluding carboxylic acids is 1. The van der Waals surface area contributed by atoms with E-state index in [1.165, 1.54) is 6.07 Å². The van der Waals surface area contributed by atoms with E-state index < -0.39 is 5.97 Å². The zero-order chi connectivity index (χ0) is 26.2. The van der Waals surface area contributed by atoms with Gasteiger partial charge in [-0.2, -0.15) is 0 Å². The lowest BCUT2D eigenvalue weighted by Gasteiger charge is -2.11. The predicted molar refractivity (Wildman–Crippen MR) is 147 cm³/mol. The number of carboxylic acid groups (broad SMARTS) is 1. The van der Waals surface area contributed by atoms with Gasteiger partial charge in [0.15, 0.2) is 0 Å². The quantitative estimate of drug-likeness (QED) is 0.170. The Balaban J connectivity index is 1.42. The number of aromatic nitrogens is 2. The highest BCUT2D eigenvalue weighted by atomic mass is 16.4. The third kappa shape index (κ3) is 6.23. The monoisotopic (exact) mass is 492 g/mol. The van der Waals surface area contributed by atoms with Crippen molar-refractivity contribution in [1.82, 2.24) is 9.97 Å². The molecule has 0 bridgehead atoms. The lowest BCUT2D eigenvalue weighted by molar-refractivity contribution is 0.0697. The van der Waals surface area contributed by atoms with Crippen LogP contribution in [0.5, 0.6) is 0 Å². The standard InChI is InChI=1S/C28H24N6O3/c1-3-19(12-14-29-2)32-20-5-7-21(8-6-20)34-27(35)26-11-9-22(17-31-26)33-25-13-15-30-24-10-4-18(28(36)37)16-23(24)25/h3-17,32H,2H2,1H3,(H,30,33)(H,34,35)(H,36,37)/b14-12-,19-3+. The summed E-state index contributed by atoms with van der Waals surface area (Å²) in [6.07, 6.45) is 8.48. The molecule has 4 aromatic rings. The number of pyridine rings is 2. The highest BCUT2D eigenvalue weighted by Gasteiger charge is 2.10. The summed E-state index contributed by atoms with van der Waals surface area (Å²) >= 11 is 0. The number of hydrogen-bond donors (Lipinski definition) is 4. The predicted octanol–water partition coefficient (Wildman–Crippen LogP) is 5.85. The van der Waals surface area contributed by atoms with Crippen molar-refractivity contribution in [3.63, 3.8) is 0 Å². The topological polar surface area (TPSA) is 129 Å². The number of anilines is 4. The minimum absolute atomic E-state index is 0.168. The van der Waals surface area contributed by atoms with E-state index in [0.29, 0.717) is 28.0 Å². The van der Waals surface area contributed by atoms with Crippen molar-refractivity contribution in [2.24, 2.45) is 4.99 Å². The van der Waals surface area contributed by atoms with Crippen molar-refractivity contribution in [1.29, 1.82) is 0 Å². The Morgan fingerprint density at radius 2 is 1.68 bits per heavy atom. The van der Waals surface area contributed by atoms with Gasteiger partial charge in [-0.3, -0.25) is 14.8 Å². The Labute approximate surface area is 213 Å². The summed E-state index contributed by atoms with van der Waals surface area (Å²) in [6.45, 7) is 5.33. The van der Waals surface area contributed by atoms with Gasteiger partial charge >= 0.3 is 5.97 Å². The van der Waals surface area contributed by atoms with E-state index >= 15 is 0 Å². The van der Waals surface area contributed by atoms with Crippen molar-refractivity contribution >= 4 is 52.2 Å². The van der Waals surface area contributed by atoms with Crippen LogP contribution in [0, 0.1) is 0 Å². The van der Waals surface area contributed by atoms with Crippen LogP contribution in [-0.4, -0.2) is 33.7 Å². The summed E-state index contributed by atoms with van der Waals surface area (Å²) in [5, 5.41) is 19.3. The molecule has 0 atom stereocenters. The van der Waals surface area contributed by atoms with Crippen molar-refractivity contribution in [2.75, 3.05) is 16.0 Å². The fourth-order valence-electron chi connectivity index (χ4n) is 3.49. The molecular weight excluding hydrogens is 468 g/mol. The van der Waals surface area contributed by atoms with Gasteiger partial charge in [-0.25, -0.2) is 9.78 Å². The lowest BCUT2D eigenvalue weighted by Crippen LogP contribution is -2.13. The molecular formula is C28H24N6O3. The van der Waals surface area contributed by atoms with E-state index in [4.69, 9.17) is 0 Å². The van der Waals surface area contributed by atoms with Crippen molar-refractivity contribution < 1.29 is 14.7 Å². The first-order valence-electron chi connectivity index (χ1n) is 11.3. The molecule has 0 saturated carbocycles. The summed E-state index contributed by atoms with van der Waals surface area (Å²) in [6, 6.07) is 17.1. The molecule has 0 aliphatic carbocycles. The number of rotatable bonds is 9. The molecule has 2 heterocycles. The zero-order valence-electron chi connectivity index (χ0n) is 20.0. The van der Waals surface area contributed by atoms with Crippen molar-refractivity contribution in [3.8, 4) is 0 Å². The molecule has 0 saturated heterocycles. The number of carbonyl (C=O) groups is 2. The molecule has 2 aromatic carbocycles. The van der Waals surface area contributed by atoms with Gasteiger partial charge in [-0.05, 0) is 80.4 Å². The normalized spacial score (nSPS) is 11.3. The molecule has 2 aromatic heterocycles. The van der Waals surface area contributed by atoms with Gasteiger partial charge in [0, 0.05) is 40.5 Å². The lowest BCUT2D eigenvalue weighted by atomic mass is 10.1. The number of aromatic carboxylic acids is 1. The van der Waals surface area contributed by atoms with Crippen LogP contribution in [0.25, 0.3) is 10.9 Å². The number of aliphatic imine (C=N–C) groups is 1. The van der Waals surface area contributed by atoms with E-state index in [9.17, 15) is 14.7 Å². The summed E-state index contributed by atoms with van der Waals surface area (Å²) in [4.78, 5) is 36.3. The maximum Gasteiger partial charge on any atom is 0.335 e. The van der Waals surface area contributed by atoms with Gasteiger partial charge in [0.2, 0.25) is 0 Å². The summed E-state index contributed by atoms with van der Waals surface area (Å²) in [5.41, 5.74) is 4.74. The zero-order valence-corrected chi connectivity index (χ0v) is 20.0. The fraction of sp³-hybridized carbons (Fsp3) is 0.0357. The van der Waals surface area contributed by atoms with Crippen LogP contribution >= 0.6 is 0 Å². The largest absolute Gasteiger partial charge is 0.478 e. The molecule has 0 aliphatic heterocycles.